The van der Waals surface area contributed by atoms with Crippen LogP contribution in [0.2, 0.25) is 0 Å². The second kappa shape index (κ2) is 7.24. The molecule has 3 heterocycles. The molecule has 5 rings (SSSR count). The van der Waals surface area contributed by atoms with E-state index in [4.69, 9.17) is 4.74 Å². The van der Waals surface area contributed by atoms with Crippen LogP contribution in [0.15, 0.2) is 79.1 Å². The molecule has 29 heavy (non-hydrogen) atoms. The lowest BCUT2D eigenvalue weighted by molar-refractivity contribution is 0.0955. The van der Waals surface area contributed by atoms with E-state index >= 15 is 0 Å². The van der Waals surface area contributed by atoms with Gasteiger partial charge in [0.25, 0.3) is 5.91 Å². The number of hydrogen-bond acceptors (Lipinski definition) is 4. The van der Waals surface area contributed by atoms with Crippen LogP contribution in [0.3, 0.4) is 0 Å². The number of carbonyl (C=O) groups is 1. The van der Waals surface area contributed by atoms with E-state index in [2.05, 4.69) is 20.5 Å². The van der Waals surface area contributed by atoms with Crippen LogP contribution in [-0.2, 0) is 6.61 Å². The lowest BCUT2D eigenvalue weighted by atomic mass is 9.98. The topological polar surface area (TPSA) is 79.9 Å². The molecule has 0 radical (unpaired) electrons. The van der Waals surface area contributed by atoms with Gasteiger partial charge in [0.15, 0.2) is 0 Å². The highest BCUT2D eigenvalue weighted by molar-refractivity contribution is 6.00. The molecule has 0 fully saturated rings. The monoisotopic (exact) mass is 382 g/mol. The number of benzene rings is 2. The van der Waals surface area contributed by atoms with Crippen molar-refractivity contribution in [2.24, 2.45) is 0 Å². The van der Waals surface area contributed by atoms with E-state index in [1.807, 2.05) is 66.7 Å². The van der Waals surface area contributed by atoms with Crippen LogP contribution in [0.4, 0.5) is 0 Å². The summed E-state index contributed by atoms with van der Waals surface area (Å²) in [7, 11) is 0. The van der Waals surface area contributed by atoms with Gasteiger partial charge in [0, 0.05) is 23.5 Å². The average Bonchev–Trinajstić information content (AvgIpc) is 3.35. The second-order valence-corrected chi connectivity index (χ2v) is 6.86. The van der Waals surface area contributed by atoms with E-state index in [-0.39, 0.29) is 11.9 Å². The van der Waals surface area contributed by atoms with Gasteiger partial charge < -0.3 is 10.1 Å². The molecule has 0 spiro atoms. The molecule has 0 saturated heterocycles. The first kappa shape index (κ1) is 17.2. The number of aromatic amines is 1. The number of aromatic nitrogens is 3. The molecular formula is C23H18N4O2. The van der Waals surface area contributed by atoms with Crippen LogP contribution >= 0.6 is 0 Å². The third kappa shape index (κ3) is 3.25. The number of amides is 1. The van der Waals surface area contributed by atoms with Crippen molar-refractivity contribution in [3.63, 3.8) is 0 Å². The van der Waals surface area contributed by atoms with Crippen LogP contribution < -0.4 is 10.1 Å². The minimum atomic E-state index is -0.283. The number of hydrogen-bond donors (Lipinski definition) is 2. The zero-order valence-electron chi connectivity index (χ0n) is 15.5. The molecule has 0 unspecified atom stereocenters. The first-order chi connectivity index (χ1) is 14.3. The van der Waals surface area contributed by atoms with E-state index in [9.17, 15) is 4.79 Å². The van der Waals surface area contributed by atoms with Crippen molar-refractivity contribution < 1.29 is 9.53 Å². The van der Waals surface area contributed by atoms with Crippen LogP contribution in [0, 0.1) is 0 Å². The molecule has 2 aromatic carbocycles. The van der Waals surface area contributed by atoms with Crippen molar-refractivity contribution in [2.45, 2.75) is 12.6 Å². The molecule has 142 valence electrons. The molecule has 2 aromatic heterocycles. The van der Waals surface area contributed by atoms with Crippen molar-refractivity contribution in [1.29, 1.82) is 0 Å². The maximum absolute atomic E-state index is 12.4. The average molecular weight is 382 g/mol. The fourth-order valence-corrected chi connectivity index (χ4v) is 3.57. The standard InChI is InChI=1S/C23H18N4O2/c28-23-22-19(20(25-23)17-9-5-11-24-13-17)21(26-27-22)16-8-4-10-18(12-16)29-14-15-6-2-1-3-7-15/h1-13,20H,14H2,(H,25,28)(H,26,27)/t20-/m0/s1. The number of nitrogens with zero attached hydrogens (tertiary/aromatic N) is 2. The molecule has 0 aliphatic carbocycles. The molecule has 1 amide bonds. The van der Waals surface area contributed by atoms with Crippen LogP contribution in [0.5, 0.6) is 5.75 Å². The molecule has 4 aromatic rings. The summed E-state index contributed by atoms with van der Waals surface area (Å²) in [6.07, 6.45) is 3.47. The number of nitrogens with one attached hydrogen (secondary N) is 2. The summed E-state index contributed by atoms with van der Waals surface area (Å²) in [5.74, 6) is 0.586. The van der Waals surface area contributed by atoms with Crippen molar-refractivity contribution >= 4 is 5.91 Å². The second-order valence-electron chi connectivity index (χ2n) is 6.86. The Kier molecular flexibility index (Phi) is 4.29. The van der Waals surface area contributed by atoms with E-state index in [1.165, 1.54) is 0 Å². The Bertz CT molecular complexity index is 1160. The van der Waals surface area contributed by atoms with E-state index in [0.29, 0.717) is 12.3 Å². The first-order valence-electron chi connectivity index (χ1n) is 9.36. The van der Waals surface area contributed by atoms with E-state index in [0.717, 1.165) is 33.7 Å². The SMILES string of the molecule is O=C1N[C@@H](c2cccnc2)c2c(-c3cccc(OCc4ccccc4)c3)n[nH]c21. The normalized spacial score (nSPS) is 15.0. The fraction of sp³-hybridized carbons (Fsp3) is 0.0870. The lowest BCUT2D eigenvalue weighted by Crippen LogP contribution is -2.21. The highest BCUT2D eigenvalue weighted by atomic mass is 16.5. The van der Waals surface area contributed by atoms with Gasteiger partial charge in [-0.3, -0.25) is 14.9 Å². The number of pyridine rings is 1. The predicted molar refractivity (Wildman–Crippen MR) is 108 cm³/mol. The maximum atomic E-state index is 12.4. The van der Waals surface area contributed by atoms with E-state index < -0.39 is 0 Å². The molecule has 0 saturated carbocycles. The smallest absolute Gasteiger partial charge is 0.270 e. The Balaban J connectivity index is 1.47. The molecule has 6 nitrogen and oxygen atoms in total. The van der Waals surface area contributed by atoms with Crippen LogP contribution in [0.25, 0.3) is 11.3 Å². The molecule has 1 aliphatic heterocycles. The number of carbonyl (C=O) groups excluding carboxylic acids is 1. The molecule has 0 bridgehead atoms. The van der Waals surface area contributed by atoms with Crippen LogP contribution in [0.1, 0.15) is 33.2 Å². The van der Waals surface area contributed by atoms with Gasteiger partial charge in [-0.25, -0.2) is 0 Å². The van der Waals surface area contributed by atoms with Gasteiger partial charge in [-0.2, -0.15) is 5.10 Å². The van der Waals surface area contributed by atoms with Gasteiger partial charge >= 0.3 is 0 Å². The summed E-state index contributed by atoms with van der Waals surface area (Å²) in [6.45, 7) is 0.487. The fourth-order valence-electron chi connectivity index (χ4n) is 3.57. The summed E-state index contributed by atoms with van der Waals surface area (Å²) in [5.41, 5.74) is 4.97. The van der Waals surface area contributed by atoms with Gasteiger partial charge in [0.2, 0.25) is 0 Å². The number of fused-ring (bicyclic) bond motifs is 1. The summed E-state index contributed by atoms with van der Waals surface area (Å²) >= 11 is 0. The quantitative estimate of drug-likeness (QED) is 0.549. The van der Waals surface area contributed by atoms with Crippen molar-refractivity contribution in [1.82, 2.24) is 20.5 Å². The summed E-state index contributed by atoms with van der Waals surface area (Å²) in [5, 5.41) is 10.3. The van der Waals surface area contributed by atoms with Gasteiger partial charge in [0.05, 0.1) is 11.7 Å². The predicted octanol–water partition coefficient (Wildman–Crippen LogP) is 3.88. The number of H-pyrrole nitrogens is 1. The Morgan fingerprint density at radius 2 is 1.90 bits per heavy atom. The number of rotatable bonds is 5. The zero-order chi connectivity index (χ0) is 19.6. The molecule has 6 heteroatoms. The molecular weight excluding hydrogens is 364 g/mol. The largest absolute Gasteiger partial charge is 0.489 e. The first-order valence-corrected chi connectivity index (χ1v) is 9.36. The summed E-state index contributed by atoms with van der Waals surface area (Å²) in [6, 6.07) is 21.3. The lowest BCUT2D eigenvalue weighted by Gasteiger charge is -2.13. The maximum Gasteiger partial charge on any atom is 0.270 e. The summed E-state index contributed by atoms with van der Waals surface area (Å²) in [4.78, 5) is 16.6. The van der Waals surface area contributed by atoms with Gasteiger partial charge in [-0.1, -0.05) is 48.5 Å². The minimum absolute atomic E-state index is 0.163. The van der Waals surface area contributed by atoms with E-state index in [1.54, 1.807) is 12.4 Å². The number of ether oxygens (including phenoxy) is 1. The van der Waals surface area contributed by atoms with Crippen molar-refractivity contribution in [2.75, 3.05) is 0 Å². The highest BCUT2D eigenvalue weighted by Gasteiger charge is 2.35. The summed E-state index contributed by atoms with van der Waals surface area (Å²) < 4.78 is 5.95. The Labute approximate surface area is 167 Å². The zero-order valence-corrected chi connectivity index (χ0v) is 15.5. The highest BCUT2D eigenvalue weighted by Crippen LogP contribution is 2.37. The van der Waals surface area contributed by atoms with Gasteiger partial charge in [-0.05, 0) is 29.3 Å². The molecule has 1 aliphatic rings. The van der Waals surface area contributed by atoms with Gasteiger partial charge in [-0.15, -0.1) is 0 Å². The minimum Gasteiger partial charge on any atom is -0.489 e. The van der Waals surface area contributed by atoms with Crippen molar-refractivity contribution in [3.05, 3.63) is 102 Å². The Hall–Kier alpha value is -3.93. The van der Waals surface area contributed by atoms with Crippen LogP contribution in [-0.4, -0.2) is 21.1 Å². The third-order valence-electron chi connectivity index (χ3n) is 4.97. The van der Waals surface area contributed by atoms with Gasteiger partial charge in [0.1, 0.15) is 18.1 Å². The molecule has 2 N–H and O–H groups in total. The molecule has 1 atom stereocenters. The Morgan fingerprint density at radius 3 is 2.72 bits per heavy atom. The Morgan fingerprint density at radius 1 is 1.00 bits per heavy atom. The van der Waals surface area contributed by atoms with Crippen molar-refractivity contribution in [3.8, 4) is 17.0 Å². The third-order valence-corrected chi connectivity index (χ3v) is 4.97.